The van der Waals surface area contributed by atoms with Crippen molar-refractivity contribution in [3.63, 3.8) is 0 Å². The summed E-state index contributed by atoms with van der Waals surface area (Å²) in [6.45, 7) is -3.54. The fourth-order valence-corrected chi connectivity index (χ4v) is 3.56. The maximum Gasteiger partial charge on any atom is 0.437 e. The molecular weight excluding hydrogens is 553 g/mol. The molecular formula is C24H13ClF5N5O4. The summed E-state index contributed by atoms with van der Waals surface area (Å²) in [7, 11) is 0. The van der Waals surface area contributed by atoms with E-state index in [-0.39, 0.29) is 33.5 Å². The van der Waals surface area contributed by atoms with E-state index in [2.05, 4.69) is 19.7 Å². The summed E-state index contributed by atoms with van der Waals surface area (Å²) in [6, 6.07) is 10.4. The number of H-pyrrole nitrogens is 1. The molecule has 15 heteroatoms. The van der Waals surface area contributed by atoms with Crippen molar-refractivity contribution in [2.45, 2.75) is 19.3 Å². The standard InChI is InChI=1S/C24H13ClF5N5O4/c25-15-5-12(8-31)6-17(7-15)38-18-19(24(28,29)30)33-11-35(22(18)37)10-14-9-32-20(34-21(14)36)13-1-3-16(4-2-13)39-23(26)27/h1-7,9,11,23H,10H2,(H,32,34,36). The molecule has 0 spiro atoms. The largest absolute Gasteiger partial charge is 0.449 e. The molecule has 0 fully saturated rings. The van der Waals surface area contributed by atoms with Gasteiger partial charge in [-0.2, -0.15) is 27.2 Å². The van der Waals surface area contributed by atoms with Crippen molar-refractivity contribution in [1.29, 1.82) is 5.26 Å². The van der Waals surface area contributed by atoms with Crippen LogP contribution in [0, 0.1) is 11.3 Å². The van der Waals surface area contributed by atoms with E-state index in [1.54, 1.807) is 6.07 Å². The molecule has 0 aliphatic rings. The van der Waals surface area contributed by atoms with Gasteiger partial charge in [-0.3, -0.25) is 14.2 Å². The lowest BCUT2D eigenvalue weighted by Crippen LogP contribution is -2.28. The summed E-state index contributed by atoms with van der Waals surface area (Å²) in [6.07, 6.45) is -3.37. The zero-order valence-electron chi connectivity index (χ0n) is 19.2. The Kier molecular flexibility index (Phi) is 7.63. The van der Waals surface area contributed by atoms with E-state index in [4.69, 9.17) is 21.6 Å². The number of nitrogens with zero attached hydrogens (tertiary/aromatic N) is 4. The van der Waals surface area contributed by atoms with Crippen molar-refractivity contribution < 1.29 is 31.4 Å². The summed E-state index contributed by atoms with van der Waals surface area (Å²) in [5.74, 6) is -1.55. The lowest BCUT2D eigenvalue weighted by atomic mass is 10.2. The second kappa shape index (κ2) is 10.9. The van der Waals surface area contributed by atoms with Gasteiger partial charge in [0, 0.05) is 16.8 Å². The molecule has 9 nitrogen and oxygen atoms in total. The molecule has 0 atom stereocenters. The topological polar surface area (TPSA) is 123 Å². The average Bonchev–Trinajstić information content (AvgIpc) is 2.86. The van der Waals surface area contributed by atoms with E-state index in [1.165, 1.54) is 30.3 Å². The number of rotatable bonds is 7. The number of benzene rings is 2. The molecule has 0 saturated heterocycles. The predicted octanol–water partition coefficient (Wildman–Crippen LogP) is 4.98. The van der Waals surface area contributed by atoms with Crippen LogP contribution in [0.15, 0.2) is 64.6 Å². The Morgan fingerprint density at radius 2 is 1.79 bits per heavy atom. The molecule has 4 aromatic rings. The van der Waals surface area contributed by atoms with Crippen LogP contribution < -0.4 is 20.6 Å². The molecule has 2 aromatic carbocycles. The number of hydrogen-bond acceptors (Lipinski definition) is 7. The van der Waals surface area contributed by atoms with Crippen LogP contribution >= 0.6 is 11.6 Å². The summed E-state index contributed by atoms with van der Waals surface area (Å²) >= 11 is 5.87. The molecule has 2 aromatic heterocycles. The fourth-order valence-electron chi connectivity index (χ4n) is 3.34. The molecule has 0 bridgehead atoms. The van der Waals surface area contributed by atoms with E-state index < -0.39 is 41.9 Å². The summed E-state index contributed by atoms with van der Waals surface area (Å²) in [5.41, 5.74) is -3.40. The predicted molar refractivity (Wildman–Crippen MR) is 126 cm³/mol. The Hall–Kier alpha value is -4.77. The van der Waals surface area contributed by atoms with Crippen LogP contribution in [0.3, 0.4) is 0 Å². The highest BCUT2D eigenvalue weighted by Crippen LogP contribution is 2.35. The first-order valence-electron chi connectivity index (χ1n) is 10.6. The minimum absolute atomic E-state index is 0.0179. The molecule has 0 saturated carbocycles. The van der Waals surface area contributed by atoms with Crippen LogP contribution in [-0.4, -0.2) is 26.1 Å². The molecule has 0 radical (unpaired) electrons. The number of aromatic nitrogens is 4. The maximum absolute atomic E-state index is 13.6. The molecule has 39 heavy (non-hydrogen) atoms. The van der Waals surface area contributed by atoms with Crippen LogP contribution in [0.25, 0.3) is 11.4 Å². The average molecular weight is 566 g/mol. The van der Waals surface area contributed by atoms with Gasteiger partial charge in [-0.1, -0.05) is 11.6 Å². The minimum Gasteiger partial charge on any atom is -0.449 e. The Bertz CT molecular complexity index is 1680. The highest BCUT2D eigenvalue weighted by Gasteiger charge is 2.38. The Labute approximate surface area is 219 Å². The smallest absolute Gasteiger partial charge is 0.437 e. The van der Waals surface area contributed by atoms with Gasteiger partial charge in [-0.05, 0) is 42.5 Å². The molecule has 4 rings (SSSR count). The number of alkyl halides is 5. The zero-order chi connectivity index (χ0) is 28.3. The van der Waals surface area contributed by atoms with Gasteiger partial charge >= 0.3 is 12.8 Å². The highest BCUT2D eigenvalue weighted by atomic mass is 35.5. The molecule has 0 aliphatic heterocycles. The van der Waals surface area contributed by atoms with Gasteiger partial charge in [0.2, 0.25) is 5.75 Å². The molecule has 0 amide bonds. The fraction of sp³-hybridized carbons (Fsp3) is 0.125. The van der Waals surface area contributed by atoms with E-state index in [0.29, 0.717) is 16.5 Å². The van der Waals surface area contributed by atoms with Gasteiger partial charge in [0.15, 0.2) is 5.69 Å². The first kappa shape index (κ1) is 27.3. The van der Waals surface area contributed by atoms with Crippen molar-refractivity contribution in [3.05, 3.63) is 97.5 Å². The highest BCUT2D eigenvalue weighted by molar-refractivity contribution is 6.30. The minimum atomic E-state index is -5.07. The van der Waals surface area contributed by atoms with Crippen molar-refractivity contribution in [2.75, 3.05) is 0 Å². The lowest BCUT2D eigenvalue weighted by Gasteiger charge is -2.15. The lowest BCUT2D eigenvalue weighted by molar-refractivity contribution is -0.142. The number of hydrogen-bond donors (Lipinski definition) is 1. The maximum atomic E-state index is 13.6. The number of ether oxygens (including phenoxy) is 2. The van der Waals surface area contributed by atoms with Crippen LogP contribution in [0.4, 0.5) is 22.0 Å². The zero-order valence-corrected chi connectivity index (χ0v) is 19.9. The number of aromatic amines is 1. The molecule has 200 valence electrons. The van der Waals surface area contributed by atoms with Crippen LogP contribution in [0.2, 0.25) is 5.02 Å². The number of halogens is 6. The van der Waals surface area contributed by atoms with Crippen molar-refractivity contribution in [1.82, 2.24) is 19.5 Å². The van der Waals surface area contributed by atoms with Gasteiger partial charge in [0.1, 0.15) is 17.3 Å². The molecule has 1 N–H and O–H groups in total. The first-order chi connectivity index (χ1) is 18.4. The van der Waals surface area contributed by atoms with E-state index in [0.717, 1.165) is 18.3 Å². The molecule has 0 aliphatic carbocycles. The third kappa shape index (κ3) is 6.39. The van der Waals surface area contributed by atoms with E-state index in [9.17, 15) is 31.5 Å². The van der Waals surface area contributed by atoms with Crippen molar-refractivity contribution in [2.24, 2.45) is 0 Å². The Morgan fingerprint density at radius 1 is 1.08 bits per heavy atom. The van der Waals surface area contributed by atoms with Crippen molar-refractivity contribution >= 4 is 11.6 Å². The van der Waals surface area contributed by atoms with Gasteiger partial charge in [0.05, 0.1) is 30.1 Å². The van der Waals surface area contributed by atoms with Crippen LogP contribution in [0.5, 0.6) is 17.2 Å². The van der Waals surface area contributed by atoms with Gasteiger partial charge < -0.3 is 14.5 Å². The second-order valence-electron chi connectivity index (χ2n) is 7.73. The number of nitrogens with one attached hydrogen (secondary N) is 1. The molecule has 2 heterocycles. The first-order valence-corrected chi connectivity index (χ1v) is 11.0. The van der Waals surface area contributed by atoms with Gasteiger partial charge in [-0.25, -0.2) is 9.97 Å². The third-order valence-corrected chi connectivity index (χ3v) is 5.27. The van der Waals surface area contributed by atoms with Crippen molar-refractivity contribution in [3.8, 4) is 34.7 Å². The Morgan fingerprint density at radius 3 is 2.41 bits per heavy atom. The van der Waals surface area contributed by atoms with Crippen LogP contribution in [0.1, 0.15) is 16.8 Å². The second-order valence-corrected chi connectivity index (χ2v) is 8.17. The normalized spacial score (nSPS) is 11.3. The van der Waals surface area contributed by atoms with E-state index in [1.807, 2.05) is 0 Å². The molecule has 0 unspecified atom stereocenters. The van der Waals surface area contributed by atoms with Gasteiger partial charge in [0.25, 0.3) is 11.1 Å². The number of nitriles is 1. The van der Waals surface area contributed by atoms with E-state index >= 15 is 0 Å². The van der Waals surface area contributed by atoms with Gasteiger partial charge in [-0.15, -0.1) is 0 Å². The quantitative estimate of drug-likeness (QED) is 0.314. The summed E-state index contributed by atoms with van der Waals surface area (Å²) in [5, 5.41) is 9.05. The third-order valence-electron chi connectivity index (χ3n) is 5.05. The SMILES string of the molecule is N#Cc1cc(Cl)cc(Oc2c(C(F)(F)F)ncn(Cc3cnc(-c4ccc(OC(F)F)cc4)[nH]c3=O)c2=O)c1. The van der Waals surface area contributed by atoms with Crippen LogP contribution in [-0.2, 0) is 12.7 Å². The monoisotopic (exact) mass is 565 g/mol. The summed E-state index contributed by atoms with van der Waals surface area (Å²) in [4.78, 5) is 35.5. The summed E-state index contributed by atoms with van der Waals surface area (Å²) < 4.78 is 75.6. The Balaban J connectivity index is 1.66.